The Morgan fingerprint density at radius 1 is 1.04 bits per heavy atom. The van der Waals surface area contributed by atoms with Gasteiger partial charge < -0.3 is 19.4 Å². The number of piperidine rings is 1. The van der Waals surface area contributed by atoms with Gasteiger partial charge in [-0.05, 0) is 43.7 Å². The zero-order valence-electron chi connectivity index (χ0n) is 15.7. The number of urea groups is 1. The maximum atomic E-state index is 13.0. The molecule has 1 aromatic rings. The van der Waals surface area contributed by atoms with Gasteiger partial charge in [-0.2, -0.15) is 0 Å². The molecule has 4 heterocycles. The number of nitrogens with zero attached hydrogens (tertiary/aromatic N) is 3. The monoisotopic (exact) mass is 357 g/mol. The van der Waals surface area contributed by atoms with Crippen LogP contribution in [0.2, 0.25) is 0 Å². The highest BCUT2D eigenvalue weighted by atomic mass is 16.5. The van der Waals surface area contributed by atoms with Gasteiger partial charge in [0.05, 0.1) is 13.2 Å². The molecular weight excluding hydrogens is 326 g/mol. The third kappa shape index (κ3) is 4.21. The van der Waals surface area contributed by atoms with Crippen molar-refractivity contribution in [2.24, 2.45) is 5.92 Å². The highest BCUT2D eigenvalue weighted by molar-refractivity contribution is 5.75. The molecule has 4 fully saturated rings. The molecule has 5 heteroatoms. The molecule has 0 saturated carbocycles. The molecule has 0 aliphatic carbocycles. The third-order valence-corrected chi connectivity index (χ3v) is 6.10. The van der Waals surface area contributed by atoms with Gasteiger partial charge in [-0.3, -0.25) is 0 Å². The molecule has 2 bridgehead atoms. The highest BCUT2D eigenvalue weighted by Gasteiger charge is 2.38. The van der Waals surface area contributed by atoms with Crippen LogP contribution in [0.15, 0.2) is 30.3 Å². The zero-order chi connectivity index (χ0) is 17.8. The average molecular weight is 357 g/mol. The van der Waals surface area contributed by atoms with Gasteiger partial charge in [0.1, 0.15) is 0 Å². The minimum absolute atomic E-state index is 0.245. The lowest BCUT2D eigenvalue weighted by atomic mass is 9.95. The molecule has 4 aliphatic rings. The van der Waals surface area contributed by atoms with Crippen LogP contribution in [0.1, 0.15) is 24.8 Å². The van der Waals surface area contributed by atoms with Crippen LogP contribution in [0.5, 0.6) is 0 Å². The SMILES string of the molecule is O=C(N1CCOCC1)N1C[C@@H]2CC[C@H]1CN(CCCc1ccccc1)C2. The molecule has 0 spiro atoms. The summed E-state index contributed by atoms with van der Waals surface area (Å²) in [7, 11) is 0. The summed E-state index contributed by atoms with van der Waals surface area (Å²) in [5.41, 5.74) is 1.43. The van der Waals surface area contributed by atoms with Gasteiger partial charge in [-0.25, -0.2) is 4.79 Å². The number of hydrogen-bond donors (Lipinski definition) is 0. The predicted molar refractivity (Wildman–Crippen MR) is 102 cm³/mol. The second-order valence-corrected chi connectivity index (χ2v) is 7.98. The van der Waals surface area contributed by atoms with E-state index < -0.39 is 0 Å². The number of rotatable bonds is 4. The molecule has 5 rings (SSSR count). The lowest BCUT2D eigenvalue weighted by Gasteiger charge is -2.40. The number of benzene rings is 1. The van der Waals surface area contributed by atoms with E-state index in [1.54, 1.807) is 0 Å². The fourth-order valence-electron chi connectivity index (χ4n) is 4.68. The van der Waals surface area contributed by atoms with Crippen LogP contribution < -0.4 is 0 Å². The Kier molecular flexibility index (Phi) is 5.75. The van der Waals surface area contributed by atoms with Crippen LogP contribution in [-0.2, 0) is 11.2 Å². The molecule has 0 N–H and O–H groups in total. The second kappa shape index (κ2) is 8.40. The summed E-state index contributed by atoms with van der Waals surface area (Å²) in [5.74, 6) is 0.635. The van der Waals surface area contributed by atoms with E-state index in [9.17, 15) is 4.79 Å². The molecule has 0 aromatic heterocycles. The minimum atomic E-state index is 0.245. The normalized spacial score (nSPS) is 26.8. The Hall–Kier alpha value is -1.59. The fourth-order valence-corrected chi connectivity index (χ4v) is 4.68. The lowest BCUT2D eigenvalue weighted by molar-refractivity contribution is 0.0341. The first-order chi connectivity index (χ1) is 12.8. The van der Waals surface area contributed by atoms with E-state index in [0.717, 1.165) is 52.1 Å². The summed E-state index contributed by atoms with van der Waals surface area (Å²) in [6.45, 7) is 7.12. The third-order valence-electron chi connectivity index (χ3n) is 6.10. The van der Waals surface area contributed by atoms with E-state index in [1.807, 2.05) is 4.90 Å². The van der Waals surface area contributed by atoms with Gasteiger partial charge >= 0.3 is 6.03 Å². The van der Waals surface area contributed by atoms with Crippen molar-refractivity contribution in [3.8, 4) is 0 Å². The summed E-state index contributed by atoms with van der Waals surface area (Å²) < 4.78 is 5.40. The number of morpholine rings is 1. The van der Waals surface area contributed by atoms with Crippen molar-refractivity contribution in [3.63, 3.8) is 0 Å². The quantitative estimate of drug-likeness (QED) is 0.831. The number of carbonyl (C=O) groups is 1. The largest absolute Gasteiger partial charge is 0.378 e. The molecule has 2 atom stereocenters. The number of hydrogen-bond acceptors (Lipinski definition) is 3. The number of ether oxygens (including phenoxy) is 1. The average Bonchev–Trinajstić information content (AvgIpc) is 3.00. The van der Waals surface area contributed by atoms with Crippen molar-refractivity contribution in [1.82, 2.24) is 14.7 Å². The summed E-state index contributed by atoms with van der Waals surface area (Å²) in [6.07, 6.45) is 4.77. The second-order valence-electron chi connectivity index (χ2n) is 7.98. The van der Waals surface area contributed by atoms with Gasteiger partial charge in [0, 0.05) is 38.8 Å². The molecule has 4 saturated heterocycles. The molecule has 2 amide bonds. The Balaban J connectivity index is 1.32. The zero-order valence-corrected chi connectivity index (χ0v) is 15.7. The standard InChI is InChI=1S/C21H31N3O2/c25-21(23-11-13-26-14-12-23)24-16-19-8-9-20(24)17-22(15-19)10-4-7-18-5-2-1-3-6-18/h1-3,5-6,19-20H,4,7-17H2/t19-,20+/m1/s1. The van der Waals surface area contributed by atoms with Gasteiger partial charge in [0.15, 0.2) is 0 Å². The van der Waals surface area contributed by atoms with Gasteiger partial charge in [0.2, 0.25) is 0 Å². The highest BCUT2D eigenvalue weighted by Crippen LogP contribution is 2.29. The number of amides is 2. The van der Waals surface area contributed by atoms with Crippen molar-refractivity contribution >= 4 is 6.03 Å². The number of fused-ring (bicyclic) bond motifs is 4. The molecular formula is C21H31N3O2. The van der Waals surface area contributed by atoms with Crippen LogP contribution in [0, 0.1) is 5.92 Å². The molecule has 26 heavy (non-hydrogen) atoms. The minimum Gasteiger partial charge on any atom is -0.378 e. The van der Waals surface area contributed by atoms with Crippen molar-refractivity contribution in [1.29, 1.82) is 0 Å². The maximum absolute atomic E-state index is 13.0. The van der Waals surface area contributed by atoms with Crippen molar-refractivity contribution < 1.29 is 9.53 Å². The van der Waals surface area contributed by atoms with E-state index in [2.05, 4.69) is 40.1 Å². The van der Waals surface area contributed by atoms with E-state index in [4.69, 9.17) is 4.74 Å². The fraction of sp³-hybridized carbons (Fsp3) is 0.667. The van der Waals surface area contributed by atoms with Crippen LogP contribution in [0.3, 0.4) is 0 Å². The summed E-state index contributed by atoms with van der Waals surface area (Å²) in [6, 6.07) is 11.4. The van der Waals surface area contributed by atoms with Crippen LogP contribution in [-0.4, -0.2) is 79.3 Å². The Labute approximate surface area is 156 Å². The van der Waals surface area contributed by atoms with E-state index >= 15 is 0 Å². The Bertz CT molecular complexity index is 588. The van der Waals surface area contributed by atoms with Gasteiger partial charge in [0.25, 0.3) is 0 Å². The topological polar surface area (TPSA) is 36.0 Å². The first kappa shape index (κ1) is 17.8. The summed E-state index contributed by atoms with van der Waals surface area (Å²) in [5, 5.41) is 0. The van der Waals surface area contributed by atoms with Crippen LogP contribution in [0.4, 0.5) is 4.79 Å². The molecule has 0 radical (unpaired) electrons. The first-order valence-electron chi connectivity index (χ1n) is 10.2. The predicted octanol–water partition coefficient (Wildman–Crippen LogP) is 2.47. The van der Waals surface area contributed by atoms with Crippen molar-refractivity contribution in [3.05, 3.63) is 35.9 Å². The van der Waals surface area contributed by atoms with Gasteiger partial charge in [-0.1, -0.05) is 30.3 Å². The van der Waals surface area contributed by atoms with Gasteiger partial charge in [-0.15, -0.1) is 0 Å². The molecule has 0 unspecified atom stereocenters. The number of carbonyl (C=O) groups excluding carboxylic acids is 1. The summed E-state index contributed by atoms with van der Waals surface area (Å²) >= 11 is 0. The molecule has 5 nitrogen and oxygen atoms in total. The van der Waals surface area contributed by atoms with E-state index in [0.29, 0.717) is 25.2 Å². The molecule has 1 aromatic carbocycles. The molecule has 142 valence electrons. The Morgan fingerprint density at radius 3 is 2.65 bits per heavy atom. The van der Waals surface area contributed by atoms with E-state index in [1.165, 1.54) is 18.4 Å². The van der Waals surface area contributed by atoms with E-state index in [-0.39, 0.29) is 6.03 Å². The number of aryl methyl sites for hydroxylation is 1. The summed E-state index contributed by atoms with van der Waals surface area (Å²) in [4.78, 5) is 19.8. The van der Waals surface area contributed by atoms with Crippen molar-refractivity contribution in [2.75, 3.05) is 52.5 Å². The van der Waals surface area contributed by atoms with Crippen LogP contribution in [0.25, 0.3) is 0 Å². The maximum Gasteiger partial charge on any atom is 0.320 e. The Morgan fingerprint density at radius 2 is 1.85 bits per heavy atom. The van der Waals surface area contributed by atoms with Crippen molar-refractivity contribution in [2.45, 2.75) is 31.7 Å². The first-order valence-corrected chi connectivity index (χ1v) is 10.2. The smallest absolute Gasteiger partial charge is 0.320 e. The lowest BCUT2D eigenvalue weighted by Crippen LogP contribution is -2.55. The molecule has 4 aliphatic heterocycles. The van der Waals surface area contributed by atoms with Crippen LogP contribution >= 0.6 is 0 Å².